The van der Waals surface area contributed by atoms with Crippen LogP contribution in [0, 0.1) is 23.2 Å². The van der Waals surface area contributed by atoms with Gasteiger partial charge in [0.05, 0.1) is 0 Å². The molecule has 0 spiro atoms. The molecule has 1 aliphatic carbocycles. The van der Waals surface area contributed by atoms with E-state index in [-0.39, 0.29) is 61.6 Å². The summed E-state index contributed by atoms with van der Waals surface area (Å²) in [6.07, 6.45) is 0.827. The van der Waals surface area contributed by atoms with Crippen LogP contribution in [0.5, 0.6) is 0 Å². The smallest absolute Gasteiger partial charge is 0.475 e. The van der Waals surface area contributed by atoms with Crippen LogP contribution < -0.4 is 38.5 Å². The quantitative estimate of drug-likeness (QED) is 0.0301. The van der Waals surface area contributed by atoms with Gasteiger partial charge >= 0.3 is 12.1 Å². The highest BCUT2D eigenvalue weighted by atomic mass is 19.4. The first-order chi connectivity index (χ1) is 29.8. The summed E-state index contributed by atoms with van der Waals surface area (Å²) in [4.78, 5) is 95.3. The monoisotopic (exact) mass is 911 g/mol. The zero-order valence-electron chi connectivity index (χ0n) is 37.8. The Labute approximate surface area is 373 Å². The van der Waals surface area contributed by atoms with E-state index in [4.69, 9.17) is 32.5 Å². The first-order valence-electron chi connectivity index (χ1n) is 21.9. The molecule has 0 radical (unpaired) electrons. The van der Waals surface area contributed by atoms with E-state index >= 15 is 0 Å². The van der Waals surface area contributed by atoms with Gasteiger partial charge in [0.1, 0.15) is 30.1 Å². The fourth-order valence-corrected chi connectivity index (χ4v) is 8.14. The molecule has 5 atom stereocenters. The Bertz CT molecular complexity index is 1750. The molecule has 2 aliphatic rings. The molecule has 1 saturated carbocycles. The van der Waals surface area contributed by atoms with Crippen LogP contribution >= 0.6 is 0 Å². The maximum Gasteiger partial charge on any atom is 0.490 e. The first-order valence-corrected chi connectivity index (χ1v) is 21.9. The number of carbonyl (C=O) groups is 7. The minimum atomic E-state index is -5.08. The lowest BCUT2D eigenvalue weighted by molar-refractivity contribution is -0.192. The highest BCUT2D eigenvalue weighted by Crippen LogP contribution is 2.28. The summed E-state index contributed by atoms with van der Waals surface area (Å²) in [5.41, 5.74) is 18.3. The Morgan fingerprint density at radius 1 is 0.828 bits per heavy atom. The zero-order chi connectivity index (χ0) is 48.5. The van der Waals surface area contributed by atoms with Crippen molar-refractivity contribution in [2.24, 2.45) is 29.2 Å². The molecule has 12 N–H and O–H groups in total. The number of nitrogen functional groups attached to an aromatic ring is 1. The Kier molecular flexibility index (Phi) is 21.8. The Morgan fingerprint density at radius 3 is 1.89 bits per heavy atom. The average molecular weight is 911 g/mol. The predicted octanol–water partition coefficient (Wildman–Crippen LogP) is 2.53. The minimum absolute atomic E-state index is 0.00111. The predicted molar refractivity (Wildman–Crippen MR) is 234 cm³/mol. The third-order valence-corrected chi connectivity index (χ3v) is 11.1. The number of benzene rings is 1. The topological polar surface area (TPSA) is 296 Å². The lowest BCUT2D eigenvalue weighted by Crippen LogP contribution is -2.60. The number of carbonyl (C=O) groups excluding carboxylic acids is 6. The van der Waals surface area contributed by atoms with Crippen LogP contribution in [0.4, 0.5) is 18.9 Å². The summed E-state index contributed by atoms with van der Waals surface area (Å²) >= 11 is 0. The molecule has 360 valence electrons. The normalized spacial score (nSPS) is 17.3. The molecule has 2 fully saturated rings. The van der Waals surface area contributed by atoms with Gasteiger partial charge in [-0.15, -0.1) is 0 Å². The van der Waals surface area contributed by atoms with Gasteiger partial charge in [0.2, 0.25) is 35.4 Å². The largest absolute Gasteiger partial charge is 0.490 e. The van der Waals surface area contributed by atoms with Crippen LogP contribution in [0.2, 0.25) is 0 Å². The molecule has 1 heterocycles. The van der Waals surface area contributed by atoms with Crippen LogP contribution in [-0.4, -0.2) is 118 Å². The van der Waals surface area contributed by atoms with Gasteiger partial charge in [-0.3, -0.25) is 34.2 Å². The van der Waals surface area contributed by atoms with Gasteiger partial charge in [0.25, 0.3) is 0 Å². The number of halogens is 3. The maximum absolute atomic E-state index is 14.5. The van der Waals surface area contributed by atoms with Gasteiger partial charge in [0.15, 0.2) is 5.96 Å². The summed E-state index contributed by atoms with van der Waals surface area (Å²) in [6, 6.07) is 2.69. The van der Waals surface area contributed by atoms with E-state index in [1.807, 2.05) is 41.5 Å². The van der Waals surface area contributed by atoms with Crippen molar-refractivity contribution in [1.29, 1.82) is 5.41 Å². The molecule has 64 heavy (non-hydrogen) atoms. The summed E-state index contributed by atoms with van der Waals surface area (Å²) in [5.74, 6) is -7.53. The molecule has 1 saturated heterocycles. The number of carboxylic acids is 1. The van der Waals surface area contributed by atoms with E-state index in [1.54, 1.807) is 29.2 Å². The van der Waals surface area contributed by atoms with E-state index in [9.17, 15) is 41.9 Å². The van der Waals surface area contributed by atoms with Crippen LogP contribution in [0.25, 0.3) is 0 Å². The number of nitrogens with zero attached hydrogens (tertiary/aromatic N) is 2. The number of nitrogens with two attached hydrogens (primary N) is 3. The van der Waals surface area contributed by atoms with Crippen molar-refractivity contribution in [3.63, 3.8) is 0 Å². The molecule has 21 heteroatoms. The number of amides is 6. The van der Waals surface area contributed by atoms with Crippen molar-refractivity contribution in [3.8, 4) is 0 Å². The number of anilines is 1. The van der Waals surface area contributed by atoms with Crippen molar-refractivity contribution >= 4 is 53.1 Å². The molecular weight excluding hydrogens is 842 g/mol. The number of rotatable bonds is 20. The summed E-state index contributed by atoms with van der Waals surface area (Å²) in [5, 5.41) is 26.1. The molecule has 18 nitrogen and oxygen atoms in total. The van der Waals surface area contributed by atoms with E-state index in [2.05, 4.69) is 21.3 Å². The van der Waals surface area contributed by atoms with Crippen molar-refractivity contribution in [2.75, 3.05) is 18.8 Å². The average Bonchev–Trinajstić information content (AvgIpc) is 3.70. The molecule has 1 aromatic rings. The second-order valence-electron chi connectivity index (χ2n) is 17.4. The molecule has 1 aromatic carbocycles. The van der Waals surface area contributed by atoms with E-state index in [0.717, 1.165) is 24.8 Å². The lowest BCUT2D eigenvalue weighted by atomic mass is 9.83. The highest BCUT2D eigenvalue weighted by Gasteiger charge is 2.41. The van der Waals surface area contributed by atoms with Gasteiger partial charge in [-0.25, -0.2) is 4.79 Å². The number of carboxylic acid groups (broad SMARTS) is 1. The zero-order valence-corrected chi connectivity index (χ0v) is 37.8. The van der Waals surface area contributed by atoms with Crippen LogP contribution in [0.15, 0.2) is 24.3 Å². The molecule has 0 aromatic heterocycles. The van der Waals surface area contributed by atoms with Crippen molar-refractivity contribution < 1.29 is 51.8 Å². The van der Waals surface area contributed by atoms with E-state index in [1.165, 1.54) is 4.90 Å². The first kappa shape index (κ1) is 54.5. The van der Waals surface area contributed by atoms with Crippen LogP contribution in [-0.2, 0) is 40.0 Å². The Balaban J connectivity index is 0.00000185. The summed E-state index contributed by atoms with van der Waals surface area (Å²) in [7, 11) is 0. The Morgan fingerprint density at radius 2 is 1.39 bits per heavy atom. The van der Waals surface area contributed by atoms with Crippen molar-refractivity contribution in [2.45, 2.75) is 155 Å². The maximum atomic E-state index is 14.5. The standard InChI is InChI=1S/C41H68N10O6.C2HF3O2/c1-24(2)22-32(40(57)50-21-11-15-33(50)35(43)52)48-37(54)31(14-10-20-46-41(44)45)47-38(55)34(28-12-8-7-9-13-28)49-36(53)30(23-27-16-18-29(42)19-17-27)39(56)51(25(3)4)26(5)6;3-2(4,5)1(6)7/h16-19,24-26,28,30-34H,7-15,20-23,42H2,1-6H3,(H2,43,52)(H,47,55)(H,48,54)(H,49,53)(H4,44,45,46);(H,6,7)/t30?,31?,32-,33-,34-;/m0./s1. The molecule has 3 rings (SSSR count). The van der Waals surface area contributed by atoms with Gasteiger partial charge in [-0.2, -0.15) is 13.2 Å². The number of nitrogens with one attached hydrogen (secondary N) is 5. The molecule has 2 unspecified atom stereocenters. The van der Waals surface area contributed by atoms with Gasteiger partial charge in [-0.1, -0.05) is 45.2 Å². The SMILES string of the molecule is CC(C)C[C@H](NC(=O)C(CCCNC(=N)N)NC(=O)[C@@H](NC(=O)C(Cc1ccc(N)cc1)C(=O)N(C(C)C)C(C)C)C1CCCCC1)C(=O)N1CCC[C@H]1C(N)=O.O=C(O)C(F)(F)F. The van der Waals surface area contributed by atoms with Gasteiger partial charge in [-0.05, 0) is 109 Å². The van der Waals surface area contributed by atoms with Gasteiger partial charge in [0, 0.05) is 30.9 Å². The Hall–Kier alpha value is -5.63. The third kappa shape index (κ3) is 17.5. The van der Waals surface area contributed by atoms with Gasteiger partial charge < -0.3 is 53.4 Å². The number of hydrogen-bond donors (Lipinski definition) is 9. The summed E-state index contributed by atoms with van der Waals surface area (Å²) < 4.78 is 31.7. The van der Waals surface area contributed by atoms with E-state index in [0.29, 0.717) is 44.3 Å². The number of hydrogen-bond acceptors (Lipinski definition) is 9. The second kappa shape index (κ2) is 25.6. The third-order valence-electron chi connectivity index (χ3n) is 11.1. The molecule has 0 bridgehead atoms. The lowest BCUT2D eigenvalue weighted by Gasteiger charge is -2.35. The second-order valence-corrected chi connectivity index (χ2v) is 17.4. The van der Waals surface area contributed by atoms with Crippen LogP contribution in [0.1, 0.15) is 111 Å². The van der Waals surface area contributed by atoms with Crippen LogP contribution in [0.3, 0.4) is 0 Å². The number of guanidine groups is 1. The fourth-order valence-electron chi connectivity index (χ4n) is 8.14. The number of likely N-dealkylation sites (tertiary alicyclic amines) is 1. The molecule has 1 aliphatic heterocycles. The highest BCUT2D eigenvalue weighted by molar-refractivity contribution is 6.03. The molecular formula is C43H69F3N10O8. The molecule has 6 amide bonds. The fraction of sp³-hybridized carbons (Fsp3) is 0.674. The number of alkyl halides is 3. The minimum Gasteiger partial charge on any atom is -0.475 e. The van der Waals surface area contributed by atoms with Crippen molar-refractivity contribution in [3.05, 3.63) is 29.8 Å². The van der Waals surface area contributed by atoms with E-state index < -0.39 is 71.8 Å². The number of primary amides is 1. The summed E-state index contributed by atoms with van der Waals surface area (Å²) in [6.45, 7) is 12.0. The van der Waals surface area contributed by atoms with Crippen molar-refractivity contribution in [1.82, 2.24) is 31.1 Å². The number of aliphatic carboxylic acids is 1.